The van der Waals surface area contributed by atoms with E-state index in [0.717, 1.165) is 5.39 Å². The monoisotopic (exact) mass is 385 g/mol. The van der Waals surface area contributed by atoms with Gasteiger partial charge in [-0.3, -0.25) is 9.78 Å². The molecule has 3 heterocycles. The van der Waals surface area contributed by atoms with Crippen LogP contribution in [0.15, 0.2) is 41.7 Å². The Morgan fingerprint density at radius 1 is 1.44 bits per heavy atom. The third-order valence-electron chi connectivity index (χ3n) is 4.43. The van der Waals surface area contributed by atoms with Gasteiger partial charge in [0.25, 0.3) is 0 Å². The molecule has 0 spiro atoms. The molecular formula is C18H16ClN5O3. The SMILES string of the molecule is C=CC(=O)N1CC[C@H](Oc2nc(-c3n[nH]c(=O)[nH]3)cc3cccc(Cl)c23)C1. The van der Waals surface area contributed by atoms with Gasteiger partial charge in [-0.25, -0.2) is 14.9 Å². The lowest BCUT2D eigenvalue weighted by Gasteiger charge is -2.17. The Bertz CT molecular complexity index is 1090. The van der Waals surface area contributed by atoms with Gasteiger partial charge in [0, 0.05) is 13.0 Å². The van der Waals surface area contributed by atoms with E-state index in [9.17, 15) is 9.59 Å². The van der Waals surface area contributed by atoms with Crippen molar-refractivity contribution in [3.05, 3.63) is 52.4 Å². The van der Waals surface area contributed by atoms with Crippen LogP contribution in [-0.2, 0) is 4.79 Å². The van der Waals surface area contributed by atoms with E-state index < -0.39 is 5.69 Å². The maximum atomic E-state index is 11.8. The first kappa shape index (κ1) is 17.3. The summed E-state index contributed by atoms with van der Waals surface area (Å²) in [4.78, 5) is 31.9. The molecule has 0 aliphatic carbocycles. The number of carbonyl (C=O) groups excluding carboxylic acids is 1. The van der Waals surface area contributed by atoms with E-state index in [2.05, 4.69) is 26.7 Å². The lowest BCUT2D eigenvalue weighted by atomic mass is 10.1. The molecule has 1 fully saturated rings. The van der Waals surface area contributed by atoms with Gasteiger partial charge in [0.05, 0.1) is 17.0 Å². The number of likely N-dealkylation sites (tertiary alicyclic amines) is 1. The molecule has 27 heavy (non-hydrogen) atoms. The highest BCUT2D eigenvalue weighted by Gasteiger charge is 2.27. The largest absolute Gasteiger partial charge is 0.472 e. The summed E-state index contributed by atoms with van der Waals surface area (Å²) in [7, 11) is 0. The fourth-order valence-corrected chi connectivity index (χ4v) is 3.40. The minimum Gasteiger partial charge on any atom is -0.472 e. The van der Waals surface area contributed by atoms with E-state index in [0.29, 0.717) is 47.3 Å². The summed E-state index contributed by atoms with van der Waals surface area (Å²) >= 11 is 6.37. The van der Waals surface area contributed by atoms with Crippen LogP contribution in [0.4, 0.5) is 0 Å². The number of aromatic amines is 2. The fraction of sp³-hybridized carbons (Fsp3) is 0.222. The quantitative estimate of drug-likeness (QED) is 0.669. The Morgan fingerprint density at radius 2 is 2.30 bits per heavy atom. The average molecular weight is 386 g/mol. The molecule has 138 valence electrons. The van der Waals surface area contributed by atoms with Crippen molar-refractivity contribution in [3.63, 3.8) is 0 Å². The zero-order valence-electron chi connectivity index (χ0n) is 14.2. The molecule has 1 atom stereocenters. The number of hydrogen-bond donors (Lipinski definition) is 2. The van der Waals surface area contributed by atoms with Crippen molar-refractivity contribution < 1.29 is 9.53 Å². The molecule has 1 aliphatic heterocycles. The summed E-state index contributed by atoms with van der Waals surface area (Å²) in [5.74, 6) is 0.524. The van der Waals surface area contributed by atoms with Crippen LogP contribution < -0.4 is 10.4 Å². The zero-order chi connectivity index (χ0) is 19.0. The lowest BCUT2D eigenvalue weighted by molar-refractivity contribution is -0.125. The van der Waals surface area contributed by atoms with Gasteiger partial charge in [-0.15, -0.1) is 0 Å². The molecule has 8 nitrogen and oxygen atoms in total. The van der Waals surface area contributed by atoms with Crippen LogP contribution in [0.1, 0.15) is 6.42 Å². The second-order valence-corrected chi connectivity index (χ2v) is 6.60. The number of halogens is 1. The second kappa shape index (κ2) is 6.88. The van der Waals surface area contributed by atoms with E-state index >= 15 is 0 Å². The van der Waals surface area contributed by atoms with Crippen molar-refractivity contribution in [2.24, 2.45) is 0 Å². The second-order valence-electron chi connectivity index (χ2n) is 6.19. The molecule has 0 saturated carbocycles. The van der Waals surface area contributed by atoms with Gasteiger partial charge in [-0.1, -0.05) is 30.3 Å². The molecule has 1 saturated heterocycles. The molecule has 2 N–H and O–H groups in total. The van der Waals surface area contributed by atoms with Gasteiger partial charge >= 0.3 is 5.69 Å². The summed E-state index contributed by atoms with van der Waals surface area (Å²) in [6.45, 7) is 4.55. The molecule has 1 amide bonds. The van der Waals surface area contributed by atoms with E-state index in [1.54, 1.807) is 17.0 Å². The topological polar surface area (TPSA) is 104 Å². The molecular weight excluding hydrogens is 370 g/mol. The predicted molar refractivity (Wildman–Crippen MR) is 101 cm³/mol. The number of pyridine rings is 1. The number of aromatic nitrogens is 4. The molecule has 0 bridgehead atoms. The summed E-state index contributed by atoms with van der Waals surface area (Å²) in [5.41, 5.74) is 0.0324. The molecule has 4 rings (SSSR count). The predicted octanol–water partition coefficient (Wildman–Crippen LogP) is 2.13. The Hall–Kier alpha value is -3.13. The first-order valence-corrected chi connectivity index (χ1v) is 8.75. The molecule has 2 aromatic heterocycles. The van der Waals surface area contributed by atoms with Crippen molar-refractivity contribution in [2.45, 2.75) is 12.5 Å². The van der Waals surface area contributed by atoms with E-state index in [4.69, 9.17) is 16.3 Å². The summed E-state index contributed by atoms with van der Waals surface area (Å²) in [6.07, 6.45) is 1.76. The summed E-state index contributed by atoms with van der Waals surface area (Å²) in [5, 5.41) is 8.24. The molecule has 0 radical (unpaired) electrons. The smallest absolute Gasteiger partial charge is 0.340 e. The number of nitrogens with zero attached hydrogens (tertiary/aromatic N) is 3. The number of carbonyl (C=O) groups is 1. The first-order chi connectivity index (χ1) is 13.0. The van der Waals surface area contributed by atoms with Gasteiger partial charge in [0.15, 0.2) is 5.82 Å². The number of rotatable bonds is 4. The average Bonchev–Trinajstić information content (AvgIpc) is 3.30. The Kier molecular flexibility index (Phi) is 4.41. The van der Waals surface area contributed by atoms with Crippen molar-refractivity contribution in [1.82, 2.24) is 25.1 Å². The Balaban J connectivity index is 1.73. The fourth-order valence-electron chi connectivity index (χ4n) is 3.14. The number of nitrogens with one attached hydrogen (secondary N) is 2. The number of hydrogen-bond acceptors (Lipinski definition) is 5. The summed E-state index contributed by atoms with van der Waals surface area (Å²) < 4.78 is 6.11. The van der Waals surface area contributed by atoms with Crippen molar-refractivity contribution >= 4 is 28.3 Å². The molecule has 3 aromatic rings. The minimum absolute atomic E-state index is 0.125. The minimum atomic E-state index is -0.421. The number of amides is 1. The Labute approximate surface area is 158 Å². The highest BCUT2D eigenvalue weighted by Crippen LogP contribution is 2.34. The number of benzene rings is 1. The maximum absolute atomic E-state index is 11.8. The van der Waals surface area contributed by atoms with Gasteiger partial charge in [0.1, 0.15) is 11.8 Å². The molecule has 9 heteroatoms. The van der Waals surface area contributed by atoms with Crippen LogP contribution in [0, 0.1) is 0 Å². The van der Waals surface area contributed by atoms with Crippen LogP contribution in [0.25, 0.3) is 22.3 Å². The highest BCUT2D eigenvalue weighted by atomic mass is 35.5. The van der Waals surface area contributed by atoms with Crippen molar-refractivity contribution in [2.75, 3.05) is 13.1 Å². The number of ether oxygens (including phenoxy) is 1. The van der Waals surface area contributed by atoms with E-state index in [1.807, 2.05) is 12.1 Å². The zero-order valence-corrected chi connectivity index (χ0v) is 15.0. The van der Waals surface area contributed by atoms with Crippen LogP contribution in [0.3, 0.4) is 0 Å². The van der Waals surface area contributed by atoms with E-state index in [1.165, 1.54) is 6.08 Å². The van der Waals surface area contributed by atoms with Crippen LogP contribution >= 0.6 is 11.6 Å². The third kappa shape index (κ3) is 3.31. The van der Waals surface area contributed by atoms with Gasteiger partial charge in [-0.05, 0) is 23.6 Å². The van der Waals surface area contributed by atoms with Crippen LogP contribution in [-0.4, -0.2) is 50.2 Å². The summed E-state index contributed by atoms with van der Waals surface area (Å²) in [6, 6.07) is 7.25. The van der Waals surface area contributed by atoms with Crippen molar-refractivity contribution in [3.8, 4) is 17.4 Å². The maximum Gasteiger partial charge on any atom is 0.340 e. The Morgan fingerprint density at radius 3 is 3.04 bits per heavy atom. The normalized spacial score (nSPS) is 16.6. The number of H-pyrrole nitrogens is 2. The van der Waals surface area contributed by atoms with Crippen LogP contribution in [0.5, 0.6) is 5.88 Å². The van der Waals surface area contributed by atoms with Gasteiger partial charge in [-0.2, -0.15) is 5.10 Å². The number of fused-ring (bicyclic) bond motifs is 1. The molecule has 1 aliphatic rings. The standard InChI is InChI=1S/C18H16ClN5O3/c1-2-14(25)24-7-6-11(9-24)27-17-15-10(4-3-5-12(15)19)8-13(20-17)16-21-18(26)23-22-16/h2-5,8,11H,1,6-7,9H2,(H2,21,22,23,26)/t11-/m0/s1. The van der Waals surface area contributed by atoms with Crippen molar-refractivity contribution in [1.29, 1.82) is 0 Å². The lowest BCUT2D eigenvalue weighted by Crippen LogP contribution is -2.29. The van der Waals surface area contributed by atoms with Gasteiger partial charge in [0.2, 0.25) is 11.8 Å². The molecule has 0 unspecified atom stereocenters. The van der Waals surface area contributed by atoms with Gasteiger partial charge < -0.3 is 9.64 Å². The van der Waals surface area contributed by atoms with E-state index in [-0.39, 0.29) is 12.0 Å². The molecule has 1 aromatic carbocycles. The first-order valence-electron chi connectivity index (χ1n) is 8.37. The van der Waals surface area contributed by atoms with Crippen LogP contribution in [0.2, 0.25) is 5.02 Å². The highest BCUT2D eigenvalue weighted by molar-refractivity contribution is 6.36. The third-order valence-corrected chi connectivity index (χ3v) is 4.74.